The standard InChI is InChI=1S/C26H46O3S.Na/c1-22(2)18-16-14-12-10-8-6-5-7-9-11-13-15-17-19-25-24(4)23(3)20-21-26(25)30(27,28)29;/h20-22H,5-19H2,1-4H3,(H,27,28,29);/q;+1/p-1. The molecule has 0 unspecified atom stereocenters. The second-order valence-electron chi connectivity index (χ2n) is 9.47. The summed E-state index contributed by atoms with van der Waals surface area (Å²) in [5.41, 5.74) is 2.73. The third-order valence-electron chi connectivity index (χ3n) is 6.30. The van der Waals surface area contributed by atoms with E-state index in [9.17, 15) is 13.0 Å². The van der Waals surface area contributed by atoms with Gasteiger partial charge in [-0.25, -0.2) is 8.42 Å². The predicted octanol–water partition coefficient (Wildman–Crippen LogP) is 4.87. The van der Waals surface area contributed by atoms with Crippen molar-refractivity contribution < 1.29 is 42.5 Å². The fraction of sp³-hybridized carbons (Fsp3) is 0.769. The van der Waals surface area contributed by atoms with Crippen LogP contribution in [0.3, 0.4) is 0 Å². The van der Waals surface area contributed by atoms with Crippen LogP contribution in [0, 0.1) is 19.8 Å². The molecular weight excluding hydrogens is 415 g/mol. The second-order valence-corrected chi connectivity index (χ2v) is 10.8. The number of unbranched alkanes of at least 4 members (excludes halogenated alkanes) is 12. The molecule has 0 amide bonds. The fourth-order valence-electron chi connectivity index (χ4n) is 4.19. The molecule has 0 aromatic heterocycles. The summed E-state index contributed by atoms with van der Waals surface area (Å²) >= 11 is 0. The first-order chi connectivity index (χ1) is 14.2. The van der Waals surface area contributed by atoms with Gasteiger partial charge in [0, 0.05) is 0 Å². The minimum absolute atomic E-state index is 0. The first kappa shape index (κ1) is 31.1. The summed E-state index contributed by atoms with van der Waals surface area (Å²) in [6.45, 7) is 8.50. The summed E-state index contributed by atoms with van der Waals surface area (Å²) in [7, 11) is -4.40. The van der Waals surface area contributed by atoms with Crippen molar-refractivity contribution >= 4 is 10.1 Å². The Labute approximate surface area is 215 Å². The molecule has 0 aliphatic rings. The van der Waals surface area contributed by atoms with Crippen molar-refractivity contribution in [3.63, 3.8) is 0 Å². The van der Waals surface area contributed by atoms with E-state index in [1.807, 2.05) is 13.8 Å². The Bertz CT molecular complexity index is 699. The summed E-state index contributed by atoms with van der Waals surface area (Å²) in [4.78, 5) is -0.0227. The first-order valence-corrected chi connectivity index (χ1v) is 13.7. The van der Waals surface area contributed by atoms with Gasteiger partial charge in [0.1, 0.15) is 10.1 Å². The maximum absolute atomic E-state index is 11.5. The Kier molecular flexibility index (Phi) is 17.7. The van der Waals surface area contributed by atoms with E-state index < -0.39 is 10.1 Å². The molecular formula is C26H45NaO3S. The van der Waals surface area contributed by atoms with Crippen molar-refractivity contribution in [2.24, 2.45) is 5.92 Å². The van der Waals surface area contributed by atoms with Crippen LogP contribution in [0.15, 0.2) is 17.0 Å². The van der Waals surface area contributed by atoms with Crippen molar-refractivity contribution in [2.45, 2.75) is 129 Å². The summed E-state index contributed by atoms with van der Waals surface area (Å²) in [5.74, 6) is 0.850. The van der Waals surface area contributed by atoms with E-state index >= 15 is 0 Å². The van der Waals surface area contributed by atoms with E-state index in [1.54, 1.807) is 6.07 Å². The third-order valence-corrected chi connectivity index (χ3v) is 7.23. The van der Waals surface area contributed by atoms with E-state index in [-0.39, 0.29) is 34.5 Å². The molecule has 0 atom stereocenters. The zero-order chi connectivity index (χ0) is 22.4. The van der Waals surface area contributed by atoms with Gasteiger partial charge < -0.3 is 4.55 Å². The molecule has 0 saturated heterocycles. The Morgan fingerprint density at radius 3 is 1.58 bits per heavy atom. The average Bonchev–Trinajstić information content (AvgIpc) is 2.66. The Hall–Kier alpha value is 0.130. The van der Waals surface area contributed by atoms with Gasteiger partial charge in [0.05, 0.1) is 4.90 Å². The van der Waals surface area contributed by atoms with Crippen LogP contribution in [0.4, 0.5) is 0 Å². The SMILES string of the molecule is Cc1ccc(S(=O)(=O)[O-])c(CCCCCCCCCCCCCCCC(C)C)c1C.[Na+]. The van der Waals surface area contributed by atoms with E-state index in [4.69, 9.17) is 0 Å². The minimum atomic E-state index is -4.40. The van der Waals surface area contributed by atoms with Crippen LogP contribution in [-0.4, -0.2) is 13.0 Å². The van der Waals surface area contributed by atoms with Crippen molar-refractivity contribution in [2.75, 3.05) is 0 Å². The van der Waals surface area contributed by atoms with Gasteiger partial charge in [0.2, 0.25) is 0 Å². The number of hydrogen-bond acceptors (Lipinski definition) is 3. The maximum Gasteiger partial charge on any atom is 1.00 e. The molecule has 174 valence electrons. The molecule has 0 bridgehead atoms. The summed E-state index contributed by atoms with van der Waals surface area (Å²) < 4.78 is 34.6. The molecule has 0 saturated carbocycles. The van der Waals surface area contributed by atoms with Crippen LogP contribution >= 0.6 is 0 Å². The van der Waals surface area contributed by atoms with Crippen LogP contribution in [0.5, 0.6) is 0 Å². The van der Waals surface area contributed by atoms with Gasteiger partial charge >= 0.3 is 29.6 Å². The average molecular weight is 461 g/mol. The van der Waals surface area contributed by atoms with E-state index in [2.05, 4.69) is 13.8 Å². The molecule has 1 rings (SSSR count). The van der Waals surface area contributed by atoms with Gasteiger partial charge in [0.15, 0.2) is 0 Å². The van der Waals surface area contributed by atoms with Crippen molar-refractivity contribution in [3.8, 4) is 0 Å². The summed E-state index contributed by atoms with van der Waals surface area (Å²) in [5, 5.41) is 0. The van der Waals surface area contributed by atoms with Crippen LogP contribution in [0.2, 0.25) is 0 Å². The largest absolute Gasteiger partial charge is 1.00 e. The minimum Gasteiger partial charge on any atom is -0.744 e. The Morgan fingerprint density at radius 2 is 1.16 bits per heavy atom. The van der Waals surface area contributed by atoms with Crippen LogP contribution in [0.1, 0.15) is 120 Å². The van der Waals surface area contributed by atoms with Crippen molar-refractivity contribution in [1.29, 1.82) is 0 Å². The molecule has 0 spiro atoms. The number of rotatable bonds is 17. The van der Waals surface area contributed by atoms with E-state index in [1.165, 1.54) is 83.1 Å². The molecule has 1 aromatic carbocycles. The topological polar surface area (TPSA) is 57.2 Å². The van der Waals surface area contributed by atoms with Gasteiger partial charge in [-0.2, -0.15) is 0 Å². The molecule has 0 aliphatic heterocycles. The van der Waals surface area contributed by atoms with Gasteiger partial charge in [-0.3, -0.25) is 0 Å². The predicted molar refractivity (Wildman–Crippen MR) is 127 cm³/mol. The van der Waals surface area contributed by atoms with Crippen LogP contribution in [0.25, 0.3) is 0 Å². The van der Waals surface area contributed by atoms with E-state index in [0.29, 0.717) is 6.42 Å². The van der Waals surface area contributed by atoms with Crippen molar-refractivity contribution in [3.05, 3.63) is 28.8 Å². The smallest absolute Gasteiger partial charge is 0.744 e. The molecule has 0 N–H and O–H groups in total. The summed E-state index contributed by atoms with van der Waals surface area (Å²) in [6.07, 6.45) is 18.9. The van der Waals surface area contributed by atoms with Crippen LogP contribution < -0.4 is 29.6 Å². The van der Waals surface area contributed by atoms with Gasteiger partial charge in [-0.15, -0.1) is 0 Å². The fourth-order valence-corrected chi connectivity index (χ4v) is 4.98. The molecule has 1 aromatic rings. The first-order valence-electron chi connectivity index (χ1n) is 12.3. The second kappa shape index (κ2) is 17.6. The Balaban J connectivity index is 0.00000900. The van der Waals surface area contributed by atoms with Gasteiger partial charge in [-0.05, 0) is 55.4 Å². The zero-order valence-electron chi connectivity index (χ0n) is 21.0. The third kappa shape index (κ3) is 14.1. The van der Waals surface area contributed by atoms with E-state index in [0.717, 1.165) is 35.4 Å². The molecule has 0 radical (unpaired) electrons. The number of aryl methyl sites for hydroxylation is 1. The molecule has 5 heteroatoms. The van der Waals surface area contributed by atoms with Gasteiger partial charge in [0.25, 0.3) is 0 Å². The molecule has 0 aliphatic carbocycles. The number of benzene rings is 1. The monoisotopic (exact) mass is 460 g/mol. The molecule has 31 heavy (non-hydrogen) atoms. The van der Waals surface area contributed by atoms with Crippen LogP contribution in [-0.2, 0) is 16.5 Å². The quantitative estimate of drug-likeness (QED) is 0.189. The molecule has 0 heterocycles. The van der Waals surface area contributed by atoms with Gasteiger partial charge in [-0.1, -0.05) is 103 Å². The normalized spacial score (nSPS) is 11.7. The molecule has 3 nitrogen and oxygen atoms in total. The summed E-state index contributed by atoms with van der Waals surface area (Å²) in [6, 6.07) is 3.21. The Morgan fingerprint density at radius 1 is 0.742 bits per heavy atom. The molecule has 0 fully saturated rings. The van der Waals surface area contributed by atoms with Crippen molar-refractivity contribution in [1.82, 2.24) is 0 Å². The number of hydrogen-bond donors (Lipinski definition) is 0. The zero-order valence-corrected chi connectivity index (χ0v) is 23.8. The maximum atomic E-state index is 11.5.